The van der Waals surface area contributed by atoms with E-state index in [0.29, 0.717) is 5.56 Å². The van der Waals surface area contributed by atoms with Crippen molar-refractivity contribution in [2.45, 2.75) is 25.7 Å². The Kier molecular flexibility index (Phi) is 3.93. The second-order valence-electron chi connectivity index (χ2n) is 3.81. The fourth-order valence-corrected chi connectivity index (χ4v) is 1.36. The number of allylic oxidation sites excluding steroid dienone is 1. The lowest BCUT2D eigenvalue weighted by Crippen LogP contribution is -2.20. The number of Topliss-reactive ketones (excluding diaryl/α,β-unsaturated/α-hetero) is 1. The van der Waals surface area contributed by atoms with Crippen LogP contribution in [0.15, 0.2) is 36.9 Å². The average molecular weight is 224 g/mol. The second kappa shape index (κ2) is 5.01. The van der Waals surface area contributed by atoms with E-state index in [4.69, 9.17) is 0 Å². The van der Waals surface area contributed by atoms with Crippen molar-refractivity contribution in [2.24, 2.45) is 0 Å². The molecule has 0 N–H and O–H groups in total. The lowest BCUT2D eigenvalue weighted by Gasteiger charge is -2.12. The summed E-state index contributed by atoms with van der Waals surface area (Å²) in [7, 11) is 0. The van der Waals surface area contributed by atoms with Crippen LogP contribution in [0.2, 0.25) is 0 Å². The Morgan fingerprint density at radius 3 is 2.44 bits per heavy atom. The normalized spacial score (nSPS) is 11.2. The highest BCUT2D eigenvalue weighted by Crippen LogP contribution is 2.25. The molecule has 0 bridgehead atoms. The molecule has 0 saturated heterocycles. The third kappa shape index (κ3) is 3.57. The molecular weight excluding hydrogens is 210 g/mol. The fraction of sp³-hybridized carbons (Fsp3) is 0.308. The summed E-state index contributed by atoms with van der Waals surface area (Å²) in [6, 6.07) is 6.61. The maximum absolute atomic E-state index is 13.1. The Hall–Kier alpha value is -1.51. The van der Waals surface area contributed by atoms with Gasteiger partial charge in [-0.1, -0.05) is 35.9 Å². The summed E-state index contributed by atoms with van der Waals surface area (Å²) >= 11 is 0. The summed E-state index contributed by atoms with van der Waals surface area (Å²) in [4.78, 5) is 11.5. The highest BCUT2D eigenvalue weighted by molar-refractivity contribution is 5.96. The van der Waals surface area contributed by atoms with E-state index in [-0.39, 0.29) is 0 Å². The zero-order valence-electron chi connectivity index (χ0n) is 9.17. The minimum absolute atomic E-state index is 0.328. The first-order chi connectivity index (χ1) is 7.44. The van der Waals surface area contributed by atoms with Gasteiger partial charge in [-0.05, 0) is 6.92 Å². The number of alkyl halides is 2. The molecule has 3 heteroatoms. The molecule has 16 heavy (non-hydrogen) atoms. The number of hydrogen-bond donors (Lipinski definition) is 0. The minimum Gasteiger partial charge on any atom is -0.294 e. The van der Waals surface area contributed by atoms with Gasteiger partial charge in [0, 0.05) is 12.0 Å². The van der Waals surface area contributed by atoms with Gasteiger partial charge >= 0.3 is 0 Å². The molecule has 0 saturated carbocycles. The van der Waals surface area contributed by atoms with Gasteiger partial charge in [0.15, 0.2) is 5.78 Å². The molecule has 0 aliphatic carbocycles. The maximum atomic E-state index is 13.1. The van der Waals surface area contributed by atoms with Crippen molar-refractivity contribution in [2.75, 3.05) is 0 Å². The zero-order chi connectivity index (χ0) is 12.2. The van der Waals surface area contributed by atoms with E-state index in [2.05, 4.69) is 6.58 Å². The molecule has 0 heterocycles. The molecule has 0 aliphatic rings. The van der Waals surface area contributed by atoms with Crippen LogP contribution in [0.3, 0.4) is 0 Å². The molecule has 1 rings (SSSR count). The summed E-state index contributed by atoms with van der Waals surface area (Å²) in [5.41, 5.74) is 1.32. The van der Waals surface area contributed by atoms with E-state index >= 15 is 0 Å². The Morgan fingerprint density at radius 1 is 1.38 bits per heavy atom. The Morgan fingerprint density at radius 2 is 1.94 bits per heavy atom. The predicted molar refractivity (Wildman–Crippen MR) is 59.9 cm³/mol. The van der Waals surface area contributed by atoms with Crippen molar-refractivity contribution < 1.29 is 13.6 Å². The fourth-order valence-electron chi connectivity index (χ4n) is 1.36. The molecule has 1 nitrogen and oxygen atoms in total. The molecule has 86 valence electrons. The SMILES string of the molecule is C=CCC(F)(F)CC(=O)c1ccc(C)cc1. The van der Waals surface area contributed by atoms with Crippen molar-refractivity contribution in [1.82, 2.24) is 0 Å². The van der Waals surface area contributed by atoms with Gasteiger partial charge in [0.1, 0.15) is 0 Å². The van der Waals surface area contributed by atoms with Gasteiger partial charge in [0.05, 0.1) is 6.42 Å². The molecule has 0 atom stereocenters. The number of carbonyl (C=O) groups excluding carboxylic acids is 1. The number of hydrogen-bond acceptors (Lipinski definition) is 1. The van der Waals surface area contributed by atoms with Gasteiger partial charge < -0.3 is 0 Å². The van der Waals surface area contributed by atoms with Crippen molar-refractivity contribution in [3.63, 3.8) is 0 Å². The first kappa shape index (κ1) is 12.6. The molecular formula is C13H14F2O. The van der Waals surface area contributed by atoms with E-state index in [1.807, 2.05) is 6.92 Å². The lowest BCUT2D eigenvalue weighted by atomic mass is 10.0. The Bertz CT molecular complexity index is 379. The molecule has 0 spiro atoms. The van der Waals surface area contributed by atoms with E-state index in [1.54, 1.807) is 24.3 Å². The summed E-state index contributed by atoms with van der Waals surface area (Å²) in [6.07, 6.45) is -0.102. The summed E-state index contributed by atoms with van der Waals surface area (Å²) in [6.45, 7) is 5.12. The number of aryl methyl sites for hydroxylation is 1. The van der Waals surface area contributed by atoms with Gasteiger partial charge in [-0.15, -0.1) is 6.58 Å². The van der Waals surface area contributed by atoms with Crippen LogP contribution in [-0.4, -0.2) is 11.7 Å². The highest BCUT2D eigenvalue weighted by atomic mass is 19.3. The molecule has 0 amide bonds. The van der Waals surface area contributed by atoms with Gasteiger partial charge in [0.25, 0.3) is 5.92 Å². The summed E-state index contributed by atoms with van der Waals surface area (Å²) in [5, 5.41) is 0. The van der Waals surface area contributed by atoms with Gasteiger partial charge in [-0.3, -0.25) is 4.79 Å². The van der Waals surface area contributed by atoms with Crippen molar-refractivity contribution in [1.29, 1.82) is 0 Å². The quantitative estimate of drug-likeness (QED) is 0.549. The van der Waals surface area contributed by atoms with Gasteiger partial charge in [-0.25, -0.2) is 8.78 Å². The van der Waals surface area contributed by atoms with Crippen molar-refractivity contribution >= 4 is 5.78 Å². The number of rotatable bonds is 5. The number of benzene rings is 1. The smallest absolute Gasteiger partial charge is 0.258 e. The van der Waals surface area contributed by atoms with E-state index in [1.165, 1.54) is 0 Å². The van der Waals surface area contributed by atoms with Crippen molar-refractivity contribution in [3.8, 4) is 0 Å². The van der Waals surface area contributed by atoms with Gasteiger partial charge in [-0.2, -0.15) is 0 Å². The van der Waals surface area contributed by atoms with Crippen LogP contribution in [0.4, 0.5) is 8.78 Å². The van der Waals surface area contributed by atoms with E-state index < -0.39 is 24.5 Å². The molecule has 0 fully saturated rings. The van der Waals surface area contributed by atoms with Crippen LogP contribution in [-0.2, 0) is 0 Å². The topological polar surface area (TPSA) is 17.1 Å². The number of carbonyl (C=O) groups is 1. The zero-order valence-corrected chi connectivity index (χ0v) is 9.17. The Labute approximate surface area is 93.8 Å². The average Bonchev–Trinajstić information content (AvgIpc) is 2.17. The van der Waals surface area contributed by atoms with E-state index in [9.17, 15) is 13.6 Å². The van der Waals surface area contributed by atoms with Crippen LogP contribution in [0, 0.1) is 6.92 Å². The first-order valence-electron chi connectivity index (χ1n) is 5.03. The molecule has 0 unspecified atom stereocenters. The van der Waals surface area contributed by atoms with Gasteiger partial charge in [0.2, 0.25) is 0 Å². The first-order valence-corrected chi connectivity index (χ1v) is 5.03. The monoisotopic (exact) mass is 224 g/mol. The summed E-state index contributed by atoms with van der Waals surface area (Å²) < 4.78 is 26.3. The predicted octanol–water partition coefficient (Wildman–Crippen LogP) is 3.78. The number of ketones is 1. The standard InChI is InChI=1S/C13H14F2O/c1-3-8-13(14,15)9-12(16)11-6-4-10(2)5-7-11/h3-7H,1,8-9H2,2H3. The third-order valence-corrected chi connectivity index (χ3v) is 2.24. The lowest BCUT2D eigenvalue weighted by molar-refractivity contribution is 0.000370. The van der Waals surface area contributed by atoms with Crippen LogP contribution in [0.1, 0.15) is 28.8 Å². The van der Waals surface area contributed by atoms with Crippen LogP contribution in [0.25, 0.3) is 0 Å². The second-order valence-corrected chi connectivity index (χ2v) is 3.81. The highest BCUT2D eigenvalue weighted by Gasteiger charge is 2.30. The summed E-state index contributed by atoms with van der Waals surface area (Å²) in [5.74, 6) is -3.53. The molecule has 0 aliphatic heterocycles. The van der Waals surface area contributed by atoms with Crippen molar-refractivity contribution in [3.05, 3.63) is 48.0 Å². The Balaban J connectivity index is 2.72. The van der Waals surface area contributed by atoms with Crippen LogP contribution >= 0.6 is 0 Å². The van der Waals surface area contributed by atoms with Crippen LogP contribution < -0.4 is 0 Å². The number of halogens is 2. The van der Waals surface area contributed by atoms with Crippen LogP contribution in [0.5, 0.6) is 0 Å². The maximum Gasteiger partial charge on any atom is 0.258 e. The van der Waals surface area contributed by atoms with E-state index in [0.717, 1.165) is 11.6 Å². The molecule has 0 radical (unpaired) electrons. The molecule has 0 aromatic heterocycles. The largest absolute Gasteiger partial charge is 0.294 e. The third-order valence-electron chi connectivity index (χ3n) is 2.24. The minimum atomic E-state index is -3.00. The molecule has 1 aromatic rings. The molecule has 1 aromatic carbocycles.